The van der Waals surface area contributed by atoms with Gasteiger partial charge in [0.2, 0.25) is 0 Å². The van der Waals surface area contributed by atoms with Crippen molar-refractivity contribution in [2.45, 2.75) is 121 Å². The number of fused-ring (bicyclic) bond motifs is 1. The van der Waals surface area contributed by atoms with Crippen molar-refractivity contribution in [1.29, 1.82) is 0 Å². The van der Waals surface area contributed by atoms with Crippen molar-refractivity contribution in [3.05, 3.63) is 35.9 Å². The number of hydrogen-bond donors (Lipinski definition) is 0. The molecule has 3 saturated carbocycles. The molecule has 3 fully saturated rings. The molecule has 3 aliphatic carbocycles. The van der Waals surface area contributed by atoms with E-state index >= 15 is 0 Å². The minimum absolute atomic E-state index is 0.840. The molecule has 0 amide bonds. The Morgan fingerprint density at radius 1 is 0.839 bits per heavy atom. The summed E-state index contributed by atoms with van der Waals surface area (Å²) in [5.41, 5.74) is 3.85. The second-order valence-electron chi connectivity index (χ2n) is 13.0. The van der Waals surface area contributed by atoms with E-state index in [0.717, 1.165) is 40.7 Å². The fourth-order valence-electron chi connectivity index (χ4n) is 8.88. The Labute approximate surface area is 195 Å². The van der Waals surface area contributed by atoms with Crippen molar-refractivity contribution in [1.82, 2.24) is 0 Å². The summed E-state index contributed by atoms with van der Waals surface area (Å²) in [6.45, 7) is 16.5. The van der Waals surface area contributed by atoms with Crippen molar-refractivity contribution in [2.75, 3.05) is 0 Å². The minimum Gasteiger partial charge on any atom is -0.0711 e. The molecule has 0 N–H and O–H groups in total. The molecule has 0 radical (unpaired) electrons. The average molecular weight is 455 g/mol. The van der Waals surface area contributed by atoms with Crippen LogP contribution in [0.5, 0.6) is 0 Å². The largest absolute Gasteiger partial charge is 0.0711 e. The first kappa shape index (κ1) is 23.8. The lowest BCUT2D eigenvalue weighted by Gasteiger charge is -2.51. The van der Waals surface area contributed by atoms with Gasteiger partial charge in [0.1, 0.15) is 0 Å². The minimum atomic E-state index is -1.29. The van der Waals surface area contributed by atoms with Crippen LogP contribution in [0.3, 0.4) is 0 Å². The molecule has 0 aromatic heterocycles. The van der Waals surface area contributed by atoms with Crippen molar-refractivity contribution >= 4 is 15.2 Å². The summed E-state index contributed by atoms with van der Waals surface area (Å²) in [4.78, 5) is 0. The summed E-state index contributed by atoms with van der Waals surface area (Å²) in [7, 11) is -2.51. The molecular formula is C29H50Si2. The summed E-state index contributed by atoms with van der Waals surface area (Å²) >= 11 is 0. The van der Waals surface area contributed by atoms with Gasteiger partial charge in [0, 0.05) is 15.2 Å². The zero-order valence-electron chi connectivity index (χ0n) is 21.5. The Hall–Kier alpha value is -0.346. The molecule has 31 heavy (non-hydrogen) atoms. The van der Waals surface area contributed by atoms with Gasteiger partial charge in [-0.05, 0) is 59.1 Å². The van der Waals surface area contributed by atoms with Gasteiger partial charge in [0.25, 0.3) is 0 Å². The monoisotopic (exact) mass is 454 g/mol. The van der Waals surface area contributed by atoms with E-state index < -0.39 is 15.2 Å². The third-order valence-corrected chi connectivity index (χ3v) is 31.8. The van der Waals surface area contributed by atoms with E-state index in [9.17, 15) is 0 Å². The molecule has 3 aliphatic rings. The van der Waals surface area contributed by atoms with Crippen LogP contribution in [0.15, 0.2) is 30.3 Å². The quantitative estimate of drug-likeness (QED) is 0.360. The van der Waals surface area contributed by atoms with Crippen LogP contribution >= 0.6 is 0 Å². The van der Waals surface area contributed by atoms with Gasteiger partial charge in [-0.15, -0.1) is 0 Å². The standard InChI is InChI=1S/C29H50Si2/c1-7-8-13-23-18-19-25(21-23)30(3,4)31(5,6)29-22(2)20-28-26(16-12-17-27(28)29)24-14-10-9-11-15-24/h9-11,14-15,22-23,25-29H,7-8,12-13,16-21H2,1-6H3. The second-order valence-corrected chi connectivity index (χ2v) is 29.1. The maximum absolute atomic E-state index is 2.88. The fraction of sp³-hybridized carbons (Fsp3) is 0.793. The molecule has 174 valence electrons. The molecule has 2 heteroatoms. The summed E-state index contributed by atoms with van der Waals surface area (Å²) < 4.78 is 0. The van der Waals surface area contributed by atoms with E-state index in [1.165, 1.54) is 44.9 Å². The van der Waals surface area contributed by atoms with Gasteiger partial charge in [0.05, 0.1) is 0 Å². The van der Waals surface area contributed by atoms with E-state index in [2.05, 4.69) is 70.4 Å². The van der Waals surface area contributed by atoms with E-state index in [4.69, 9.17) is 0 Å². The van der Waals surface area contributed by atoms with Crippen molar-refractivity contribution < 1.29 is 0 Å². The van der Waals surface area contributed by atoms with Crippen LogP contribution in [-0.2, 0) is 0 Å². The van der Waals surface area contributed by atoms with Crippen LogP contribution < -0.4 is 0 Å². The first-order chi connectivity index (χ1) is 14.8. The molecule has 1 aromatic carbocycles. The molecule has 4 rings (SSSR count). The zero-order valence-corrected chi connectivity index (χ0v) is 23.5. The molecule has 1 aromatic rings. The molecule has 0 spiro atoms. The van der Waals surface area contributed by atoms with Gasteiger partial charge in [0.15, 0.2) is 0 Å². The highest BCUT2D eigenvalue weighted by atomic mass is 29.3. The maximum Gasteiger partial charge on any atom is 0.0451 e. The van der Waals surface area contributed by atoms with Crippen LogP contribution in [0.1, 0.15) is 89.5 Å². The van der Waals surface area contributed by atoms with E-state index in [1.807, 2.05) is 0 Å². The second kappa shape index (κ2) is 9.49. The Kier molecular flexibility index (Phi) is 7.29. The molecule has 7 unspecified atom stereocenters. The van der Waals surface area contributed by atoms with Crippen molar-refractivity contribution in [2.24, 2.45) is 23.7 Å². The van der Waals surface area contributed by atoms with E-state index in [-0.39, 0.29) is 0 Å². The lowest BCUT2D eigenvalue weighted by atomic mass is 9.71. The Bertz CT molecular complexity index is 709. The third-order valence-electron chi connectivity index (χ3n) is 11.1. The summed E-state index contributed by atoms with van der Waals surface area (Å²) in [6.07, 6.45) is 15.0. The smallest absolute Gasteiger partial charge is 0.0451 e. The van der Waals surface area contributed by atoms with Gasteiger partial charge in [-0.25, -0.2) is 0 Å². The van der Waals surface area contributed by atoms with Gasteiger partial charge in [-0.3, -0.25) is 0 Å². The Morgan fingerprint density at radius 2 is 1.58 bits per heavy atom. The van der Waals surface area contributed by atoms with Crippen LogP contribution in [-0.4, -0.2) is 15.2 Å². The Balaban J connectivity index is 1.53. The first-order valence-electron chi connectivity index (χ1n) is 13.8. The van der Waals surface area contributed by atoms with Crippen LogP contribution in [0, 0.1) is 23.7 Å². The number of benzene rings is 1. The molecule has 0 heterocycles. The molecular weight excluding hydrogens is 404 g/mol. The topological polar surface area (TPSA) is 0 Å². The SMILES string of the molecule is CCCCC1CCC([Si](C)(C)[Si](C)(C)C2C(C)CC3C(c4ccccc4)CCCC32)C1. The van der Waals surface area contributed by atoms with E-state index in [0.29, 0.717) is 0 Å². The highest BCUT2D eigenvalue weighted by Crippen LogP contribution is 2.62. The lowest BCUT2D eigenvalue weighted by molar-refractivity contribution is 0.237. The van der Waals surface area contributed by atoms with E-state index in [1.54, 1.807) is 24.8 Å². The highest BCUT2D eigenvalue weighted by molar-refractivity contribution is 7.41. The average Bonchev–Trinajstić information content (AvgIpc) is 3.36. The normalized spacial score (nSPS) is 36.5. The van der Waals surface area contributed by atoms with Crippen LogP contribution in [0.4, 0.5) is 0 Å². The van der Waals surface area contributed by atoms with Crippen LogP contribution in [0.25, 0.3) is 0 Å². The lowest BCUT2D eigenvalue weighted by Crippen LogP contribution is -2.62. The predicted molar refractivity (Wildman–Crippen MR) is 143 cm³/mol. The molecule has 0 saturated heterocycles. The molecule has 0 aliphatic heterocycles. The maximum atomic E-state index is 2.88. The van der Waals surface area contributed by atoms with Crippen LogP contribution in [0.2, 0.25) is 37.3 Å². The van der Waals surface area contributed by atoms with Gasteiger partial charge in [-0.1, -0.05) is 122 Å². The van der Waals surface area contributed by atoms with Crippen molar-refractivity contribution in [3.63, 3.8) is 0 Å². The molecule has 0 nitrogen and oxygen atoms in total. The first-order valence-corrected chi connectivity index (χ1v) is 21.0. The van der Waals surface area contributed by atoms with Gasteiger partial charge in [-0.2, -0.15) is 0 Å². The zero-order chi connectivity index (χ0) is 22.2. The predicted octanol–water partition coefficient (Wildman–Crippen LogP) is 9.45. The van der Waals surface area contributed by atoms with Gasteiger partial charge >= 0.3 is 0 Å². The summed E-state index contributed by atoms with van der Waals surface area (Å²) in [6, 6.07) is 11.6. The van der Waals surface area contributed by atoms with Gasteiger partial charge < -0.3 is 0 Å². The Morgan fingerprint density at radius 3 is 2.29 bits per heavy atom. The summed E-state index contributed by atoms with van der Waals surface area (Å²) in [5.74, 6) is 4.86. The number of unbranched alkanes of at least 4 members (excludes halogenated alkanes) is 1. The fourth-order valence-corrected chi connectivity index (χ4v) is 23.7. The molecule has 7 atom stereocenters. The number of hydrogen-bond acceptors (Lipinski definition) is 0. The summed E-state index contributed by atoms with van der Waals surface area (Å²) in [5, 5.41) is 0. The highest BCUT2D eigenvalue weighted by Gasteiger charge is 2.59. The third kappa shape index (κ3) is 4.42. The number of rotatable bonds is 7. The molecule has 0 bridgehead atoms. The van der Waals surface area contributed by atoms with Crippen molar-refractivity contribution in [3.8, 4) is 0 Å².